The summed E-state index contributed by atoms with van der Waals surface area (Å²) in [6, 6.07) is 22.2. The van der Waals surface area contributed by atoms with Gasteiger partial charge >= 0.3 is 0 Å². The number of rotatable bonds is 8. The summed E-state index contributed by atoms with van der Waals surface area (Å²) < 4.78 is 5.40. The first-order valence-electron chi connectivity index (χ1n) is 13.3. The van der Waals surface area contributed by atoms with E-state index in [2.05, 4.69) is 56.4 Å². The second kappa shape index (κ2) is 11.8. The number of aromatic nitrogens is 2. The molecule has 2 heterocycles. The van der Waals surface area contributed by atoms with Crippen LogP contribution in [0.5, 0.6) is 0 Å². The lowest BCUT2D eigenvalue weighted by atomic mass is 10.0. The fourth-order valence-electron chi connectivity index (χ4n) is 4.72. The lowest BCUT2D eigenvalue weighted by molar-refractivity contribution is 0.0383. The minimum atomic E-state index is -0.106. The van der Waals surface area contributed by atoms with Gasteiger partial charge in [0.25, 0.3) is 5.91 Å². The molecule has 1 N–H and O–H groups in total. The van der Waals surface area contributed by atoms with Crippen molar-refractivity contribution in [3.63, 3.8) is 0 Å². The molecule has 202 valence electrons. The molecule has 0 saturated carbocycles. The summed E-state index contributed by atoms with van der Waals surface area (Å²) in [6.07, 6.45) is 0. The number of hydrogen-bond acceptors (Lipinski definition) is 7. The number of benzene rings is 3. The Kier molecular flexibility index (Phi) is 8.05. The number of nitrogens with zero attached hydrogens (tertiary/aromatic N) is 5. The third-order valence-corrected chi connectivity index (χ3v) is 7.02. The Labute approximate surface area is 230 Å². The Morgan fingerprint density at radius 2 is 1.41 bits per heavy atom. The molecule has 5 rings (SSSR count). The summed E-state index contributed by atoms with van der Waals surface area (Å²) in [5, 5.41) is 3.05. The number of morpholine rings is 1. The second-order valence-electron chi connectivity index (χ2n) is 10.2. The highest BCUT2D eigenvalue weighted by atomic mass is 16.5. The van der Waals surface area contributed by atoms with Crippen molar-refractivity contribution < 1.29 is 9.53 Å². The van der Waals surface area contributed by atoms with Gasteiger partial charge in [-0.25, -0.2) is 9.97 Å². The molecule has 39 heavy (non-hydrogen) atoms. The maximum absolute atomic E-state index is 13.0. The molecule has 1 aliphatic heterocycles. The zero-order valence-corrected chi connectivity index (χ0v) is 23.1. The number of carbonyl (C=O) groups excluding carboxylic acids is 1. The van der Waals surface area contributed by atoms with Gasteiger partial charge in [-0.1, -0.05) is 24.3 Å². The zero-order valence-electron chi connectivity index (χ0n) is 23.1. The van der Waals surface area contributed by atoms with Gasteiger partial charge in [0.05, 0.1) is 35.6 Å². The lowest BCUT2D eigenvalue weighted by Crippen LogP contribution is -2.41. The Morgan fingerprint density at radius 3 is 2.00 bits per heavy atom. The number of amides is 1. The van der Waals surface area contributed by atoms with Gasteiger partial charge in [0.1, 0.15) is 0 Å². The van der Waals surface area contributed by atoms with Crippen LogP contribution in [0.25, 0.3) is 33.5 Å². The molecular formula is C31H36N6O2. The topological polar surface area (TPSA) is 73.8 Å². The fourth-order valence-corrected chi connectivity index (χ4v) is 4.72. The van der Waals surface area contributed by atoms with Gasteiger partial charge < -0.3 is 19.9 Å². The van der Waals surface area contributed by atoms with Crippen molar-refractivity contribution in [3.8, 4) is 22.5 Å². The molecule has 8 nitrogen and oxygen atoms in total. The highest BCUT2D eigenvalue weighted by Gasteiger charge is 2.17. The molecule has 0 bridgehead atoms. The zero-order chi connectivity index (χ0) is 27.4. The van der Waals surface area contributed by atoms with Gasteiger partial charge in [-0.3, -0.25) is 9.69 Å². The normalized spacial score (nSPS) is 13.8. The number of fused-ring (bicyclic) bond motifs is 1. The van der Waals surface area contributed by atoms with Crippen LogP contribution in [0.4, 0.5) is 11.4 Å². The number of ether oxygens (including phenoxy) is 1. The van der Waals surface area contributed by atoms with Gasteiger partial charge in [-0.15, -0.1) is 0 Å². The summed E-state index contributed by atoms with van der Waals surface area (Å²) in [4.78, 5) is 29.6. The Morgan fingerprint density at radius 1 is 0.821 bits per heavy atom. The average molecular weight is 525 g/mol. The molecule has 4 aromatic rings. The number of anilines is 2. The molecule has 1 amide bonds. The van der Waals surface area contributed by atoms with Crippen molar-refractivity contribution in [1.29, 1.82) is 0 Å². The van der Waals surface area contributed by atoms with Crippen LogP contribution in [0, 0.1) is 0 Å². The maximum atomic E-state index is 13.0. The molecule has 0 unspecified atom stereocenters. The first kappa shape index (κ1) is 26.6. The average Bonchev–Trinajstić information content (AvgIpc) is 2.96. The standard InChI is InChI=1S/C31H36N6O2/c1-35(2)25-9-5-7-22(19-25)29-30(23-8-6-10-26(20-23)36(3)4)34-28-21-24(11-12-27(28)33-29)31(38)32-13-14-37-15-17-39-18-16-37/h5-12,19-21H,13-18H2,1-4H3,(H,32,38). The van der Waals surface area contributed by atoms with Crippen LogP contribution in [0.15, 0.2) is 66.7 Å². The van der Waals surface area contributed by atoms with Crippen LogP contribution in [-0.2, 0) is 4.74 Å². The van der Waals surface area contributed by atoms with E-state index in [9.17, 15) is 4.79 Å². The first-order valence-corrected chi connectivity index (χ1v) is 13.3. The Hall–Kier alpha value is -4.01. The fraction of sp³-hybridized carbons (Fsp3) is 0.323. The molecule has 8 heteroatoms. The molecule has 1 aliphatic rings. The van der Waals surface area contributed by atoms with Crippen LogP contribution < -0.4 is 15.1 Å². The van der Waals surface area contributed by atoms with Crippen LogP contribution in [0.3, 0.4) is 0 Å². The van der Waals surface area contributed by atoms with E-state index < -0.39 is 0 Å². The highest BCUT2D eigenvalue weighted by molar-refractivity contribution is 5.98. The summed E-state index contributed by atoms with van der Waals surface area (Å²) >= 11 is 0. The Bertz CT molecular complexity index is 1460. The second-order valence-corrected chi connectivity index (χ2v) is 10.2. The van der Waals surface area contributed by atoms with E-state index in [1.807, 2.05) is 58.5 Å². The van der Waals surface area contributed by atoms with Crippen LogP contribution in [-0.4, -0.2) is 88.4 Å². The van der Waals surface area contributed by atoms with Crippen molar-refractivity contribution >= 4 is 28.3 Å². The van der Waals surface area contributed by atoms with Crippen LogP contribution in [0.2, 0.25) is 0 Å². The van der Waals surface area contributed by atoms with E-state index in [-0.39, 0.29) is 5.91 Å². The third-order valence-electron chi connectivity index (χ3n) is 7.02. The SMILES string of the molecule is CN(C)c1cccc(-c2nc3ccc(C(=O)NCCN4CCOCC4)cc3nc2-c2cccc(N(C)C)c2)c1. The van der Waals surface area contributed by atoms with E-state index in [1.165, 1.54) is 0 Å². The van der Waals surface area contributed by atoms with Gasteiger partial charge in [0, 0.05) is 82.4 Å². The largest absolute Gasteiger partial charge is 0.379 e. The minimum absolute atomic E-state index is 0.106. The molecular weight excluding hydrogens is 488 g/mol. The van der Waals surface area contributed by atoms with Crippen molar-refractivity contribution in [3.05, 3.63) is 72.3 Å². The molecule has 1 aromatic heterocycles. The van der Waals surface area contributed by atoms with E-state index in [0.717, 1.165) is 72.3 Å². The molecule has 1 fully saturated rings. The number of carbonyl (C=O) groups is 1. The molecule has 0 radical (unpaired) electrons. The van der Waals surface area contributed by atoms with E-state index in [4.69, 9.17) is 14.7 Å². The van der Waals surface area contributed by atoms with Crippen molar-refractivity contribution in [1.82, 2.24) is 20.2 Å². The van der Waals surface area contributed by atoms with Gasteiger partial charge in [0.15, 0.2) is 0 Å². The van der Waals surface area contributed by atoms with E-state index >= 15 is 0 Å². The van der Waals surface area contributed by atoms with Gasteiger partial charge in [-0.2, -0.15) is 0 Å². The predicted molar refractivity (Wildman–Crippen MR) is 159 cm³/mol. The van der Waals surface area contributed by atoms with Crippen molar-refractivity contribution in [2.75, 3.05) is 77.4 Å². The van der Waals surface area contributed by atoms with Crippen molar-refractivity contribution in [2.24, 2.45) is 0 Å². The maximum Gasteiger partial charge on any atom is 0.251 e. The monoisotopic (exact) mass is 524 g/mol. The quantitative estimate of drug-likeness (QED) is 0.371. The highest BCUT2D eigenvalue weighted by Crippen LogP contribution is 2.34. The van der Waals surface area contributed by atoms with Crippen molar-refractivity contribution in [2.45, 2.75) is 0 Å². The van der Waals surface area contributed by atoms with Gasteiger partial charge in [0.2, 0.25) is 0 Å². The van der Waals surface area contributed by atoms with E-state index in [1.54, 1.807) is 0 Å². The van der Waals surface area contributed by atoms with E-state index in [0.29, 0.717) is 17.6 Å². The number of nitrogens with one attached hydrogen (secondary N) is 1. The van der Waals surface area contributed by atoms with Crippen LogP contribution in [0.1, 0.15) is 10.4 Å². The summed E-state index contributed by atoms with van der Waals surface area (Å²) in [7, 11) is 8.10. The third kappa shape index (κ3) is 6.19. The number of hydrogen-bond donors (Lipinski definition) is 1. The minimum Gasteiger partial charge on any atom is -0.379 e. The molecule has 0 spiro atoms. The predicted octanol–water partition coefficient (Wildman–Crippen LogP) is 4.16. The Balaban J connectivity index is 1.51. The summed E-state index contributed by atoms with van der Waals surface area (Å²) in [6.45, 7) is 4.70. The van der Waals surface area contributed by atoms with Crippen LogP contribution >= 0.6 is 0 Å². The smallest absolute Gasteiger partial charge is 0.251 e. The lowest BCUT2D eigenvalue weighted by Gasteiger charge is -2.26. The summed E-state index contributed by atoms with van der Waals surface area (Å²) in [5.41, 5.74) is 7.74. The molecule has 0 aliphatic carbocycles. The first-order chi connectivity index (χ1) is 18.9. The molecule has 1 saturated heterocycles. The van der Waals surface area contributed by atoms with Gasteiger partial charge in [-0.05, 0) is 42.5 Å². The molecule has 3 aromatic carbocycles. The summed E-state index contributed by atoms with van der Waals surface area (Å²) in [5.74, 6) is -0.106. The molecule has 0 atom stereocenters.